The lowest BCUT2D eigenvalue weighted by atomic mass is 9.94. The lowest BCUT2D eigenvalue weighted by Gasteiger charge is -2.36. The number of anilines is 18. The fourth-order valence-electron chi connectivity index (χ4n) is 15.8. The van der Waals surface area contributed by atoms with Gasteiger partial charge in [-0.05, 0) is 173 Å². The molecular formula is C108H80N6. The minimum absolute atomic E-state index is 0.910. The zero-order valence-corrected chi connectivity index (χ0v) is 62.9. The van der Waals surface area contributed by atoms with Crippen molar-refractivity contribution in [3.05, 3.63) is 485 Å². The van der Waals surface area contributed by atoms with Gasteiger partial charge < -0.3 is 29.4 Å². The monoisotopic (exact) mass is 1460 g/mol. The Labute approximate surface area is 668 Å². The van der Waals surface area contributed by atoms with Crippen LogP contribution in [-0.4, -0.2) is 0 Å². The van der Waals surface area contributed by atoms with Crippen LogP contribution < -0.4 is 29.4 Å². The molecule has 0 aliphatic carbocycles. The van der Waals surface area contributed by atoms with E-state index in [-0.39, 0.29) is 0 Å². The van der Waals surface area contributed by atoms with Crippen molar-refractivity contribution in [2.75, 3.05) is 29.4 Å². The summed E-state index contributed by atoms with van der Waals surface area (Å²) in [5.41, 5.74) is 28.3. The Morgan fingerprint density at radius 2 is 0.272 bits per heavy atom. The summed E-state index contributed by atoms with van der Waals surface area (Å²) in [5, 5.41) is 0. The van der Waals surface area contributed by atoms with Crippen LogP contribution in [0.4, 0.5) is 102 Å². The Morgan fingerprint density at radius 3 is 0.553 bits per heavy atom. The van der Waals surface area contributed by atoms with Crippen molar-refractivity contribution in [1.82, 2.24) is 0 Å². The molecule has 542 valence electrons. The molecule has 0 radical (unpaired) electrons. The summed E-state index contributed by atoms with van der Waals surface area (Å²) in [6.07, 6.45) is 0. The highest BCUT2D eigenvalue weighted by molar-refractivity contribution is 6.02. The normalized spacial score (nSPS) is 11.0. The number of hydrogen-bond donors (Lipinski definition) is 0. The lowest BCUT2D eigenvalue weighted by Crippen LogP contribution is -2.18. The van der Waals surface area contributed by atoms with Crippen molar-refractivity contribution in [3.63, 3.8) is 0 Å². The Balaban J connectivity index is 0.966. The lowest BCUT2D eigenvalue weighted by molar-refractivity contribution is 1.21. The molecular weight excluding hydrogens is 1380 g/mol. The van der Waals surface area contributed by atoms with Gasteiger partial charge in [-0.25, -0.2) is 0 Å². The molecule has 6 nitrogen and oxygen atoms in total. The Kier molecular flexibility index (Phi) is 20.3. The van der Waals surface area contributed by atoms with Crippen LogP contribution in [0.3, 0.4) is 0 Å². The van der Waals surface area contributed by atoms with Gasteiger partial charge in [-0.3, -0.25) is 0 Å². The third-order valence-corrected chi connectivity index (χ3v) is 20.9. The predicted octanol–water partition coefficient (Wildman–Crippen LogP) is 30.8. The summed E-state index contributed by atoms with van der Waals surface area (Å²) < 4.78 is 0. The van der Waals surface area contributed by atoms with Crippen molar-refractivity contribution in [2.24, 2.45) is 0 Å². The second kappa shape index (κ2) is 32.9. The number of rotatable bonds is 23. The summed E-state index contributed by atoms with van der Waals surface area (Å²) in [5.74, 6) is 0. The molecule has 0 fully saturated rings. The molecule has 0 aliphatic rings. The van der Waals surface area contributed by atoms with Crippen molar-refractivity contribution in [3.8, 4) is 55.6 Å². The smallest absolute Gasteiger partial charge is 0.0618 e. The molecule has 0 unspecified atom stereocenters. The number of para-hydroxylation sites is 10. The fraction of sp³-hybridized carbons (Fsp3) is 0. The molecule has 0 atom stereocenters. The summed E-state index contributed by atoms with van der Waals surface area (Å²) in [4.78, 5) is 14.7. The maximum Gasteiger partial charge on any atom is 0.0618 e. The SMILES string of the molecule is c1ccc(-c2ccccc2N(c2ccccc2)c2cc(N(c3ccccc3)c3ccccc3-c3ccccc3)cc(N(c3cccc(N(c4cc(N(c5ccccc5)c5ccccc5)cc(N(c5ccccc5)c5ccccc5)c4)c4c(-c5ccccc5)cccc4-c4ccccc4)c3)c3ccccc3-c3ccccc3)c2)cc1. The van der Waals surface area contributed by atoms with Gasteiger partial charge in [0.05, 0.1) is 56.9 Å². The van der Waals surface area contributed by atoms with E-state index in [1.165, 1.54) is 0 Å². The molecule has 18 rings (SSSR count). The maximum absolute atomic E-state index is 2.53. The molecule has 18 aromatic carbocycles. The van der Waals surface area contributed by atoms with Gasteiger partial charge in [-0.2, -0.15) is 0 Å². The minimum Gasteiger partial charge on any atom is -0.310 e. The first kappa shape index (κ1) is 70.4. The van der Waals surface area contributed by atoms with Crippen LogP contribution >= 0.6 is 0 Å². The van der Waals surface area contributed by atoms with Crippen LogP contribution in [0, 0.1) is 0 Å². The molecule has 0 N–H and O–H groups in total. The third kappa shape index (κ3) is 14.7. The molecule has 114 heavy (non-hydrogen) atoms. The fourth-order valence-corrected chi connectivity index (χ4v) is 15.8. The number of hydrogen-bond acceptors (Lipinski definition) is 6. The Bertz CT molecular complexity index is 5840. The van der Waals surface area contributed by atoms with Gasteiger partial charge in [-0.1, -0.05) is 340 Å². The first-order chi connectivity index (χ1) is 56.6. The molecule has 0 heterocycles. The first-order valence-electron chi connectivity index (χ1n) is 38.8. The predicted molar refractivity (Wildman–Crippen MR) is 482 cm³/mol. The van der Waals surface area contributed by atoms with E-state index in [1.54, 1.807) is 0 Å². The molecule has 0 bridgehead atoms. The third-order valence-electron chi connectivity index (χ3n) is 20.9. The van der Waals surface area contributed by atoms with Crippen molar-refractivity contribution in [1.29, 1.82) is 0 Å². The second-order valence-corrected chi connectivity index (χ2v) is 28.0. The molecule has 6 heteroatoms. The highest BCUT2D eigenvalue weighted by Gasteiger charge is 2.30. The van der Waals surface area contributed by atoms with Gasteiger partial charge in [0.2, 0.25) is 0 Å². The summed E-state index contributed by atoms with van der Waals surface area (Å²) in [6, 6.07) is 176. The highest BCUT2D eigenvalue weighted by Crippen LogP contribution is 2.55. The van der Waals surface area contributed by atoms with Crippen LogP contribution in [0.5, 0.6) is 0 Å². The second-order valence-electron chi connectivity index (χ2n) is 28.0. The van der Waals surface area contributed by atoms with E-state index in [0.29, 0.717) is 0 Å². The molecule has 0 aliphatic heterocycles. The van der Waals surface area contributed by atoms with Gasteiger partial charge in [0, 0.05) is 73.3 Å². The molecule has 0 saturated carbocycles. The average molecular weight is 1460 g/mol. The quantitative estimate of drug-likeness (QED) is 0.0631. The van der Waals surface area contributed by atoms with E-state index in [4.69, 9.17) is 0 Å². The number of nitrogens with zero attached hydrogens (tertiary/aromatic N) is 6. The topological polar surface area (TPSA) is 19.4 Å². The molecule has 0 saturated heterocycles. The largest absolute Gasteiger partial charge is 0.310 e. The molecule has 0 aromatic heterocycles. The maximum atomic E-state index is 2.53. The van der Waals surface area contributed by atoms with E-state index in [2.05, 4.69) is 515 Å². The van der Waals surface area contributed by atoms with Gasteiger partial charge in [0.15, 0.2) is 0 Å². The van der Waals surface area contributed by atoms with Crippen LogP contribution in [-0.2, 0) is 0 Å². The van der Waals surface area contributed by atoms with Crippen LogP contribution in [0.25, 0.3) is 55.6 Å². The molecule has 0 spiro atoms. The Morgan fingerprint density at radius 1 is 0.105 bits per heavy atom. The van der Waals surface area contributed by atoms with Crippen LogP contribution in [0.2, 0.25) is 0 Å². The van der Waals surface area contributed by atoms with E-state index in [0.717, 1.165) is 158 Å². The summed E-state index contributed by atoms with van der Waals surface area (Å²) >= 11 is 0. The highest BCUT2D eigenvalue weighted by atomic mass is 15.2. The van der Waals surface area contributed by atoms with E-state index < -0.39 is 0 Å². The number of benzene rings is 18. The van der Waals surface area contributed by atoms with Gasteiger partial charge in [0.25, 0.3) is 0 Å². The van der Waals surface area contributed by atoms with E-state index in [1.807, 2.05) is 0 Å². The Hall–Kier alpha value is -15.2. The van der Waals surface area contributed by atoms with Crippen LogP contribution in [0.1, 0.15) is 0 Å². The minimum atomic E-state index is 0.910. The summed E-state index contributed by atoms with van der Waals surface area (Å²) in [7, 11) is 0. The standard InChI is InChI=1S/C108H80N6/c1-12-42-81(43-13-1)100-66-34-37-71-105(100)111(90-60-30-10-31-61-90)96-78-97(112(91-62-32-11-33-63-91)106-72-38-35-67-101(106)82-44-14-2-15-45-82)80-98(79-96)113(107-73-39-36-68-102(107)83-46-16-3-17-47-83)92-64-40-65-93(74-92)114(108-103(84-48-18-4-19-49-84)69-41-70-104(108)85-50-20-5-21-51-85)99-76-94(109(86-52-22-6-23-53-86)87-54-24-7-25-55-87)75-95(77-99)110(88-56-26-8-27-57-88)89-58-28-9-29-59-89/h1-80H. The van der Waals surface area contributed by atoms with E-state index in [9.17, 15) is 0 Å². The zero-order chi connectivity index (χ0) is 76.2. The summed E-state index contributed by atoms with van der Waals surface area (Å²) in [6.45, 7) is 0. The zero-order valence-electron chi connectivity index (χ0n) is 62.9. The molecule has 18 aromatic rings. The van der Waals surface area contributed by atoms with Gasteiger partial charge in [0.1, 0.15) is 0 Å². The van der Waals surface area contributed by atoms with Gasteiger partial charge >= 0.3 is 0 Å². The van der Waals surface area contributed by atoms with Crippen molar-refractivity contribution in [2.45, 2.75) is 0 Å². The van der Waals surface area contributed by atoms with Crippen molar-refractivity contribution >= 4 is 102 Å². The average Bonchev–Trinajstić information content (AvgIpc) is 0.746. The van der Waals surface area contributed by atoms with Gasteiger partial charge in [-0.15, -0.1) is 0 Å². The van der Waals surface area contributed by atoms with E-state index >= 15 is 0 Å². The van der Waals surface area contributed by atoms with Crippen molar-refractivity contribution < 1.29 is 0 Å². The van der Waals surface area contributed by atoms with Crippen LogP contribution in [0.15, 0.2) is 485 Å². The molecule has 0 amide bonds. The first-order valence-corrected chi connectivity index (χ1v) is 38.8.